The van der Waals surface area contributed by atoms with Gasteiger partial charge >= 0.3 is 18.3 Å². The Labute approximate surface area is 397 Å². The third-order valence-electron chi connectivity index (χ3n) is 12.6. The Hall–Kier alpha value is -8.21. The standard InChI is InChI=1S/C52H53FN6O10/c1-29(2)46(57-49(63)69-27-39-37-16-9-7-14-35(37)36-15-8-10-17-38(36)39)48(62)54-30(3)47(61)55-34-20-18-31(19-21-34)26-52(59(5)51(66)67,28-58(4)50(64)65)45-43(68-6)23-22-40-44(45)42(60)25-41(56-40)32-12-11-13-33(53)24-32/h7-25,29-30,39,46H,26-28H2,1-6H3,(H,54,62)(H,55,61)(H,56,60)(H,57,63)(H,64,65)(H,66,67)/t30-,46-,52?/m0/s1. The van der Waals surface area contributed by atoms with Crippen LogP contribution in [0.4, 0.5) is 24.5 Å². The highest BCUT2D eigenvalue weighted by atomic mass is 19.1. The van der Waals surface area contributed by atoms with Crippen LogP contribution in [0.3, 0.4) is 0 Å². The molecule has 5 aromatic carbocycles. The van der Waals surface area contributed by atoms with Gasteiger partial charge in [-0.25, -0.2) is 18.8 Å². The quantitative estimate of drug-likeness (QED) is 0.0549. The van der Waals surface area contributed by atoms with Gasteiger partial charge in [0.2, 0.25) is 11.8 Å². The van der Waals surface area contributed by atoms with Crippen molar-refractivity contribution in [3.8, 4) is 28.1 Å². The highest BCUT2D eigenvalue weighted by Crippen LogP contribution is 2.45. The van der Waals surface area contributed by atoms with Crippen molar-refractivity contribution in [2.75, 3.05) is 39.7 Å². The van der Waals surface area contributed by atoms with Crippen molar-refractivity contribution in [3.05, 3.63) is 154 Å². The van der Waals surface area contributed by atoms with Gasteiger partial charge in [-0.2, -0.15) is 0 Å². The summed E-state index contributed by atoms with van der Waals surface area (Å²) in [6, 6.07) is 30.1. The van der Waals surface area contributed by atoms with E-state index in [-0.39, 0.29) is 47.1 Å². The number of fused-ring (bicyclic) bond motifs is 4. The minimum absolute atomic E-state index is 0.0227. The number of hydrogen-bond acceptors (Lipinski definition) is 8. The average Bonchev–Trinajstić information content (AvgIpc) is 3.65. The number of nitrogens with zero attached hydrogens (tertiary/aromatic N) is 2. The molecular weight excluding hydrogens is 888 g/mol. The summed E-state index contributed by atoms with van der Waals surface area (Å²) < 4.78 is 25.7. The lowest BCUT2D eigenvalue weighted by Gasteiger charge is -2.44. The lowest BCUT2D eigenvalue weighted by molar-refractivity contribution is -0.128. The molecule has 7 rings (SSSR count). The fourth-order valence-corrected chi connectivity index (χ4v) is 9.00. The predicted octanol–water partition coefficient (Wildman–Crippen LogP) is 8.01. The monoisotopic (exact) mass is 940 g/mol. The van der Waals surface area contributed by atoms with Gasteiger partial charge in [-0.3, -0.25) is 19.3 Å². The summed E-state index contributed by atoms with van der Waals surface area (Å²) in [5.41, 5.74) is 3.66. The van der Waals surface area contributed by atoms with Crippen molar-refractivity contribution in [2.45, 2.75) is 50.7 Å². The van der Waals surface area contributed by atoms with Gasteiger partial charge in [-0.15, -0.1) is 0 Å². The largest absolute Gasteiger partial charge is 0.496 e. The Bertz CT molecular complexity index is 2950. The molecule has 3 atom stereocenters. The zero-order chi connectivity index (χ0) is 49.7. The molecule has 1 unspecified atom stereocenters. The molecule has 0 radical (unpaired) electrons. The fraction of sp³-hybridized carbons (Fsp3) is 0.269. The van der Waals surface area contributed by atoms with Crippen molar-refractivity contribution < 1.29 is 48.0 Å². The minimum Gasteiger partial charge on any atom is -0.496 e. The maximum Gasteiger partial charge on any atom is 0.407 e. The molecule has 16 nitrogen and oxygen atoms in total. The molecule has 1 heterocycles. The van der Waals surface area contributed by atoms with E-state index in [1.807, 2.05) is 48.5 Å². The number of rotatable bonds is 16. The zero-order valence-electron chi connectivity index (χ0n) is 38.8. The van der Waals surface area contributed by atoms with Crippen molar-refractivity contribution in [1.82, 2.24) is 25.4 Å². The number of nitrogens with one attached hydrogen (secondary N) is 4. The smallest absolute Gasteiger partial charge is 0.407 e. The Kier molecular flexibility index (Phi) is 14.4. The second-order valence-electron chi connectivity index (χ2n) is 17.4. The Morgan fingerprint density at radius 1 is 0.797 bits per heavy atom. The van der Waals surface area contributed by atoms with Gasteiger partial charge < -0.3 is 45.5 Å². The highest BCUT2D eigenvalue weighted by Gasteiger charge is 2.45. The van der Waals surface area contributed by atoms with Crippen LogP contribution in [0.5, 0.6) is 5.75 Å². The van der Waals surface area contributed by atoms with Crippen molar-refractivity contribution in [1.29, 1.82) is 0 Å². The summed E-state index contributed by atoms with van der Waals surface area (Å²) in [5, 5.41) is 28.9. The number of carbonyl (C=O) groups is 5. The van der Waals surface area contributed by atoms with E-state index < -0.39 is 65.5 Å². The van der Waals surface area contributed by atoms with E-state index in [2.05, 4.69) is 20.9 Å². The molecule has 0 aliphatic heterocycles. The number of carboxylic acid groups (broad SMARTS) is 2. The number of ether oxygens (including phenoxy) is 2. The summed E-state index contributed by atoms with van der Waals surface area (Å²) in [5.74, 6) is -2.16. The van der Waals surface area contributed by atoms with Crippen molar-refractivity contribution >= 4 is 46.7 Å². The third kappa shape index (κ3) is 10.2. The number of carbonyl (C=O) groups excluding carboxylic acids is 3. The van der Waals surface area contributed by atoms with Crippen LogP contribution in [-0.4, -0.2) is 102 Å². The SMILES string of the molecule is COc1ccc2[nH]c(-c3cccc(F)c3)cc(=O)c2c1C(Cc1ccc(NC(=O)[C@H](C)NC(=O)[C@@H](NC(=O)OCC2c3ccccc3-c3ccccc32)C(C)C)cc1)(CN(C)C(=O)O)N(C)C(=O)O. The van der Waals surface area contributed by atoms with Crippen LogP contribution in [0.2, 0.25) is 0 Å². The second kappa shape index (κ2) is 20.3. The van der Waals surface area contributed by atoms with Crippen LogP contribution >= 0.6 is 0 Å². The van der Waals surface area contributed by atoms with E-state index in [1.165, 1.54) is 58.5 Å². The van der Waals surface area contributed by atoms with E-state index in [4.69, 9.17) is 9.47 Å². The Balaban J connectivity index is 1.08. The van der Waals surface area contributed by atoms with E-state index in [1.54, 1.807) is 50.2 Å². The van der Waals surface area contributed by atoms with Gasteiger partial charge in [-0.05, 0) is 77.1 Å². The normalized spacial score (nSPS) is 13.6. The molecule has 1 aliphatic rings. The maximum absolute atomic E-state index is 14.2. The van der Waals surface area contributed by atoms with Crippen LogP contribution in [0.15, 0.2) is 120 Å². The van der Waals surface area contributed by atoms with E-state index >= 15 is 0 Å². The first-order valence-corrected chi connectivity index (χ1v) is 22.1. The number of anilines is 1. The molecule has 6 aromatic rings. The molecule has 0 bridgehead atoms. The third-order valence-corrected chi connectivity index (χ3v) is 12.6. The first kappa shape index (κ1) is 48.7. The van der Waals surface area contributed by atoms with Gasteiger partial charge in [0.15, 0.2) is 5.43 Å². The molecule has 358 valence electrons. The van der Waals surface area contributed by atoms with Gasteiger partial charge in [0.1, 0.15) is 30.3 Å². The molecule has 0 fully saturated rings. The fourth-order valence-electron chi connectivity index (χ4n) is 9.00. The van der Waals surface area contributed by atoms with Crippen LogP contribution in [0.1, 0.15) is 48.9 Å². The minimum atomic E-state index is -1.82. The molecule has 1 aliphatic carbocycles. The summed E-state index contributed by atoms with van der Waals surface area (Å²) in [4.78, 5) is 84.9. The van der Waals surface area contributed by atoms with E-state index in [9.17, 15) is 43.4 Å². The lowest BCUT2D eigenvalue weighted by Crippen LogP contribution is -2.55. The van der Waals surface area contributed by atoms with Crippen LogP contribution in [-0.2, 0) is 26.3 Å². The first-order chi connectivity index (χ1) is 32.9. The number of H-pyrrole nitrogens is 1. The van der Waals surface area contributed by atoms with E-state index in [0.717, 1.165) is 32.1 Å². The first-order valence-electron chi connectivity index (χ1n) is 22.1. The zero-order valence-corrected chi connectivity index (χ0v) is 38.8. The lowest BCUT2D eigenvalue weighted by atomic mass is 9.79. The molecule has 17 heteroatoms. The van der Waals surface area contributed by atoms with Gasteiger partial charge in [0.25, 0.3) is 0 Å². The number of methoxy groups -OCH3 is 1. The van der Waals surface area contributed by atoms with Gasteiger partial charge in [0, 0.05) is 55.0 Å². The number of aromatic nitrogens is 1. The predicted molar refractivity (Wildman–Crippen MR) is 258 cm³/mol. The van der Waals surface area contributed by atoms with Crippen LogP contribution in [0, 0.1) is 11.7 Å². The van der Waals surface area contributed by atoms with Crippen molar-refractivity contribution in [3.63, 3.8) is 0 Å². The molecule has 5 amide bonds. The summed E-state index contributed by atoms with van der Waals surface area (Å²) in [6.07, 6.45) is -3.78. The molecule has 0 spiro atoms. The summed E-state index contributed by atoms with van der Waals surface area (Å²) in [7, 11) is 3.89. The number of likely N-dealkylation sites (N-methyl/N-ethyl adjacent to an activating group) is 2. The summed E-state index contributed by atoms with van der Waals surface area (Å²) in [6.45, 7) is 4.58. The molecular formula is C52H53FN6O10. The number of hydrogen-bond donors (Lipinski definition) is 6. The number of aromatic amines is 1. The highest BCUT2D eigenvalue weighted by molar-refractivity contribution is 5.98. The Morgan fingerprint density at radius 2 is 1.45 bits per heavy atom. The topological polar surface area (TPSA) is 220 Å². The number of halogens is 1. The molecule has 0 saturated carbocycles. The van der Waals surface area contributed by atoms with Crippen LogP contribution < -0.4 is 26.1 Å². The maximum atomic E-state index is 14.2. The molecule has 6 N–H and O–H groups in total. The molecule has 69 heavy (non-hydrogen) atoms. The van der Waals surface area contributed by atoms with Crippen LogP contribution in [0.25, 0.3) is 33.3 Å². The Morgan fingerprint density at radius 3 is 2.04 bits per heavy atom. The average molecular weight is 941 g/mol. The summed E-state index contributed by atoms with van der Waals surface area (Å²) >= 11 is 0. The second-order valence-corrected chi connectivity index (χ2v) is 17.4. The number of amides is 5. The number of benzene rings is 5. The number of alkyl carbamates (subject to hydrolysis) is 1. The molecule has 1 aromatic heterocycles. The number of pyridine rings is 1. The molecule has 0 saturated heterocycles. The van der Waals surface area contributed by atoms with Gasteiger partial charge in [-0.1, -0.05) is 86.6 Å². The van der Waals surface area contributed by atoms with Gasteiger partial charge in [0.05, 0.1) is 30.1 Å². The van der Waals surface area contributed by atoms with E-state index in [0.29, 0.717) is 22.5 Å². The van der Waals surface area contributed by atoms with Crippen molar-refractivity contribution in [2.24, 2.45) is 5.92 Å².